The summed E-state index contributed by atoms with van der Waals surface area (Å²) in [7, 11) is 0. The van der Waals surface area contributed by atoms with E-state index < -0.39 is 0 Å². The zero-order valence-electron chi connectivity index (χ0n) is 8.33. The standard InChI is InChI=1S/C9H16N4/c1-9(2,3)5-11-8-4-7(10)12-6-13-8/h4,6H,5H2,1-3H3,(H3,10,11,12,13). The zero-order valence-corrected chi connectivity index (χ0v) is 8.33. The third-order valence-corrected chi connectivity index (χ3v) is 1.49. The largest absolute Gasteiger partial charge is 0.384 e. The molecule has 4 heteroatoms. The van der Waals surface area contributed by atoms with E-state index in [-0.39, 0.29) is 5.41 Å². The van der Waals surface area contributed by atoms with E-state index in [9.17, 15) is 0 Å². The molecule has 1 aromatic heterocycles. The second-order valence-electron chi connectivity index (χ2n) is 4.24. The number of anilines is 2. The number of nitrogens with two attached hydrogens (primary N) is 1. The molecule has 0 atom stereocenters. The third kappa shape index (κ3) is 3.73. The molecule has 0 saturated carbocycles. The van der Waals surface area contributed by atoms with Gasteiger partial charge in [-0.05, 0) is 5.41 Å². The Morgan fingerprint density at radius 2 is 2.08 bits per heavy atom. The van der Waals surface area contributed by atoms with Crippen LogP contribution in [0.15, 0.2) is 12.4 Å². The number of nitrogens with zero attached hydrogens (tertiary/aromatic N) is 2. The van der Waals surface area contributed by atoms with Gasteiger partial charge in [-0.15, -0.1) is 0 Å². The molecule has 13 heavy (non-hydrogen) atoms. The fourth-order valence-electron chi connectivity index (χ4n) is 0.825. The first kappa shape index (κ1) is 9.77. The molecule has 0 bridgehead atoms. The van der Waals surface area contributed by atoms with Crippen LogP contribution in [0.5, 0.6) is 0 Å². The van der Waals surface area contributed by atoms with Gasteiger partial charge >= 0.3 is 0 Å². The summed E-state index contributed by atoms with van der Waals surface area (Å²) in [4.78, 5) is 7.85. The molecular formula is C9H16N4. The Morgan fingerprint density at radius 1 is 1.38 bits per heavy atom. The van der Waals surface area contributed by atoms with Gasteiger partial charge in [0.25, 0.3) is 0 Å². The summed E-state index contributed by atoms with van der Waals surface area (Å²) >= 11 is 0. The van der Waals surface area contributed by atoms with E-state index in [1.54, 1.807) is 6.07 Å². The van der Waals surface area contributed by atoms with E-state index >= 15 is 0 Å². The maximum Gasteiger partial charge on any atom is 0.131 e. The third-order valence-electron chi connectivity index (χ3n) is 1.49. The van der Waals surface area contributed by atoms with Crippen molar-refractivity contribution in [1.29, 1.82) is 0 Å². The Hall–Kier alpha value is -1.32. The molecular weight excluding hydrogens is 164 g/mol. The minimum absolute atomic E-state index is 0.236. The van der Waals surface area contributed by atoms with Gasteiger partial charge in [0.1, 0.15) is 18.0 Å². The summed E-state index contributed by atoms with van der Waals surface area (Å²) in [6, 6.07) is 1.73. The predicted molar refractivity (Wildman–Crippen MR) is 54.4 cm³/mol. The highest BCUT2D eigenvalue weighted by atomic mass is 15.0. The number of hydrogen-bond acceptors (Lipinski definition) is 4. The predicted octanol–water partition coefficient (Wildman–Crippen LogP) is 1.52. The molecule has 4 nitrogen and oxygen atoms in total. The van der Waals surface area contributed by atoms with Crippen LogP contribution in [0.3, 0.4) is 0 Å². The van der Waals surface area contributed by atoms with Crippen LogP contribution < -0.4 is 11.1 Å². The molecule has 0 aliphatic rings. The molecule has 1 aromatic rings. The summed E-state index contributed by atoms with van der Waals surface area (Å²) in [5.41, 5.74) is 5.74. The molecule has 0 spiro atoms. The highest BCUT2D eigenvalue weighted by molar-refractivity contribution is 5.43. The normalized spacial score (nSPS) is 11.3. The van der Waals surface area contributed by atoms with Crippen molar-refractivity contribution in [1.82, 2.24) is 9.97 Å². The van der Waals surface area contributed by atoms with Crippen molar-refractivity contribution < 1.29 is 0 Å². The summed E-state index contributed by atoms with van der Waals surface area (Å²) in [5.74, 6) is 1.27. The highest BCUT2D eigenvalue weighted by Gasteiger charge is 2.09. The molecule has 0 saturated heterocycles. The lowest BCUT2D eigenvalue weighted by Gasteiger charge is -2.18. The zero-order chi connectivity index (χ0) is 9.90. The average molecular weight is 180 g/mol. The summed E-state index contributed by atoms with van der Waals surface area (Å²) in [6.45, 7) is 7.34. The molecule has 1 heterocycles. The molecule has 0 amide bonds. The number of nitrogens with one attached hydrogen (secondary N) is 1. The van der Waals surface area contributed by atoms with Crippen LogP contribution in [0, 0.1) is 5.41 Å². The van der Waals surface area contributed by atoms with Gasteiger partial charge in [0.2, 0.25) is 0 Å². The van der Waals surface area contributed by atoms with E-state index in [1.165, 1.54) is 6.33 Å². The first-order chi connectivity index (χ1) is 5.97. The Morgan fingerprint density at radius 3 is 2.62 bits per heavy atom. The minimum atomic E-state index is 0.236. The van der Waals surface area contributed by atoms with Crippen molar-refractivity contribution in [2.24, 2.45) is 5.41 Å². The number of hydrogen-bond donors (Lipinski definition) is 2. The maximum absolute atomic E-state index is 5.51. The molecule has 0 aromatic carbocycles. The second kappa shape index (κ2) is 3.60. The Labute approximate surface area is 78.6 Å². The maximum atomic E-state index is 5.51. The van der Waals surface area contributed by atoms with Crippen LogP contribution in [-0.4, -0.2) is 16.5 Å². The minimum Gasteiger partial charge on any atom is -0.384 e. The summed E-state index contributed by atoms with van der Waals surface area (Å²) < 4.78 is 0. The van der Waals surface area contributed by atoms with Crippen LogP contribution in [0.25, 0.3) is 0 Å². The number of aromatic nitrogens is 2. The van der Waals surface area contributed by atoms with E-state index in [2.05, 4.69) is 36.1 Å². The van der Waals surface area contributed by atoms with Crippen molar-refractivity contribution >= 4 is 11.6 Å². The first-order valence-corrected chi connectivity index (χ1v) is 4.29. The van der Waals surface area contributed by atoms with E-state index in [1.807, 2.05) is 0 Å². The summed E-state index contributed by atoms with van der Waals surface area (Å²) in [5, 5.41) is 3.19. The van der Waals surface area contributed by atoms with Crippen molar-refractivity contribution in [3.63, 3.8) is 0 Å². The van der Waals surface area contributed by atoms with Crippen LogP contribution in [0.1, 0.15) is 20.8 Å². The average Bonchev–Trinajstić information content (AvgIpc) is 2.00. The van der Waals surface area contributed by atoms with Gasteiger partial charge in [0, 0.05) is 12.6 Å². The van der Waals surface area contributed by atoms with Crippen LogP contribution in [0.2, 0.25) is 0 Å². The molecule has 3 N–H and O–H groups in total. The molecule has 72 valence electrons. The Bertz CT molecular complexity index is 277. The van der Waals surface area contributed by atoms with Gasteiger partial charge in [-0.2, -0.15) is 0 Å². The van der Waals surface area contributed by atoms with E-state index in [4.69, 9.17) is 5.73 Å². The van der Waals surface area contributed by atoms with Crippen LogP contribution in [0.4, 0.5) is 11.6 Å². The van der Waals surface area contributed by atoms with Crippen molar-refractivity contribution in [3.8, 4) is 0 Å². The molecule has 0 unspecified atom stereocenters. The Balaban J connectivity index is 2.55. The van der Waals surface area contributed by atoms with Crippen molar-refractivity contribution in [2.75, 3.05) is 17.6 Å². The molecule has 0 radical (unpaired) electrons. The molecule has 0 aliphatic heterocycles. The monoisotopic (exact) mass is 180 g/mol. The smallest absolute Gasteiger partial charge is 0.131 e. The quantitative estimate of drug-likeness (QED) is 0.724. The van der Waals surface area contributed by atoms with Gasteiger partial charge in [0.15, 0.2) is 0 Å². The van der Waals surface area contributed by atoms with E-state index in [0.717, 1.165) is 12.4 Å². The molecule has 0 aliphatic carbocycles. The van der Waals surface area contributed by atoms with Gasteiger partial charge < -0.3 is 11.1 Å². The van der Waals surface area contributed by atoms with E-state index in [0.29, 0.717) is 5.82 Å². The fourth-order valence-corrected chi connectivity index (χ4v) is 0.825. The number of rotatable bonds is 2. The summed E-state index contributed by atoms with van der Waals surface area (Å²) in [6.07, 6.45) is 1.46. The van der Waals surface area contributed by atoms with Gasteiger partial charge in [-0.25, -0.2) is 9.97 Å². The fraction of sp³-hybridized carbons (Fsp3) is 0.556. The molecule has 0 fully saturated rings. The van der Waals surface area contributed by atoms with Gasteiger partial charge in [0.05, 0.1) is 0 Å². The lowest BCUT2D eigenvalue weighted by atomic mass is 9.97. The van der Waals surface area contributed by atoms with Crippen LogP contribution >= 0.6 is 0 Å². The lowest BCUT2D eigenvalue weighted by Crippen LogP contribution is -2.19. The topological polar surface area (TPSA) is 63.8 Å². The van der Waals surface area contributed by atoms with Crippen molar-refractivity contribution in [2.45, 2.75) is 20.8 Å². The number of nitrogen functional groups attached to an aromatic ring is 1. The first-order valence-electron chi connectivity index (χ1n) is 4.29. The highest BCUT2D eigenvalue weighted by Crippen LogP contribution is 2.14. The molecule has 1 rings (SSSR count). The SMILES string of the molecule is CC(C)(C)CNc1cc(N)ncn1. The lowest BCUT2D eigenvalue weighted by molar-refractivity contribution is 0.442. The van der Waals surface area contributed by atoms with Crippen molar-refractivity contribution in [3.05, 3.63) is 12.4 Å². The van der Waals surface area contributed by atoms with Gasteiger partial charge in [-0.1, -0.05) is 20.8 Å². The second-order valence-corrected chi connectivity index (χ2v) is 4.24. The van der Waals surface area contributed by atoms with Crippen LogP contribution in [-0.2, 0) is 0 Å². The van der Waals surface area contributed by atoms with Gasteiger partial charge in [-0.3, -0.25) is 0 Å². The Kier molecular flexibility index (Phi) is 2.70.